The molecule has 0 radical (unpaired) electrons. The van der Waals surface area contributed by atoms with Crippen molar-refractivity contribution in [3.05, 3.63) is 69.2 Å². The molecule has 6 heteroatoms. The first-order chi connectivity index (χ1) is 12.1. The molecule has 1 fully saturated rings. The number of amides is 1. The summed E-state index contributed by atoms with van der Waals surface area (Å²) in [7, 11) is 0. The molecule has 1 saturated heterocycles. The van der Waals surface area contributed by atoms with Gasteiger partial charge in [-0.1, -0.05) is 57.9 Å². The summed E-state index contributed by atoms with van der Waals surface area (Å²) in [5.74, 6) is -0.154. The fourth-order valence-electron chi connectivity index (χ4n) is 2.87. The Labute approximate surface area is 161 Å². The summed E-state index contributed by atoms with van der Waals surface area (Å²) in [6.07, 6.45) is 0.0881. The molecular formula is C19H20BrClN2O2. The van der Waals surface area contributed by atoms with Gasteiger partial charge >= 0.3 is 0 Å². The Balaban J connectivity index is 1.50. The number of hydrogen-bond donors (Lipinski definition) is 1. The number of rotatable bonds is 5. The zero-order chi connectivity index (χ0) is 17.6. The first-order valence-corrected chi connectivity index (χ1v) is 9.43. The van der Waals surface area contributed by atoms with E-state index in [1.165, 1.54) is 5.56 Å². The smallest absolute Gasteiger partial charge is 0.252 e. The van der Waals surface area contributed by atoms with Gasteiger partial charge in [-0.15, -0.1) is 0 Å². The summed E-state index contributed by atoms with van der Waals surface area (Å²) >= 11 is 9.46. The van der Waals surface area contributed by atoms with Crippen molar-refractivity contribution in [3.63, 3.8) is 0 Å². The molecule has 132 valence electrons. The molecule has 0 aliphatic carbocycles. The Kier molecular flexibility index (Phi) is 6.48. The molecule has 1 atom stereocenters. The molecule has 3 rings (SSSR count). The number of nitrogens with one attached hydrogen (secondary N) is 1. The van der Waals surface area contributed by atoms with E-state index in [0.29, 0.717) is 23.7 Å². The third-order valence-electron chi connectivity index (χ3n) is 4.21. The minimum absolute atomic E-state index is 0.0881. The summed E-state index contributed by atoms with van der Waals surface area (Å²) in [6, 6.07) is 15.5. The predicted molar refractivity (Wildman–Crippen MR) is 103 cm³/mol. The number of carbonyl (C=O) groups excluding carboxylic acids is 1. The highest BCUT2D eigenvalue weighted by Crippen LogP contribution is 2.22. The Morgan fingerprint density at radius 2 is 2.08 bits per heavy atom. The van der Waals surface area contributed by atoms with Crippen LogP contribution in [0.2, 0.25) is 5.02 Å². The molecule has 2 aromatic rings. The van der Waals surface area contributed by atoms with E-state index in [2.05, 4.69) is 38.3 Å². The van der Waals surface area contributed by atoms with E-state index in [1.807, 2.05) is 24.3 Å². The van der Waals surface area contributed by atoms with Crippen molar-refractivity contribution in [2.75, 3.05) is 32.8 Å². The molecule has 1 amide bonds. The molecule has 0 saturated carbocycles. The van der Waals surface area contributed by atoms with Crippen LogP contribution < -0.4 is 5.32 Å². The van der Waals surface area contributed by atoms with Crippen LogP contribution in [-0.2, 0) is 4.74 Å². The predicted octanol–water partition coefficient (Wildman–Crippen LogP) is 3.91. The maximum absolute atomic E-state index is 12.3. The Bertz CT molecular complexity index is 727. The molecule has 1 unspecified atom stereocenters. The topological polar surface area (TPSA) is 41.6 Å². The van der Waals surface area contributed by atoms with Gasteiger partial charge in [0, 0.05) is 30.7 Å². The normalized spacial score (nSPS) is 18.1. The van der Waals surface area contributed by atoms with Gasteiger partial charge in [0.2, 0.25) is 0 Å². The van der Waals surface area contributed by atoms with E-state index in [9.17, 15) is 4.79 Å². The van der Waals surface area contributed by atoms with Gasteiger partial charge in [-0.25, -0.2) is 0 Å². The van der Waals surface area contributed by atoms with Gasteiger partial charge < -0.3 is 10.1 Å². The highest BCUT2D eigenvalue weighted by atomic mass is 79.9. The van der Waals surface area contributed by atoms with Crippen LogP contribution in [0.5, 0.6) is 0 Å². The minimum Gasteiger partial charge on any atom is -0.371 e. The maximum atomic E-state index is 12.3. The fourth-order valence-corrected chi connectivity index (χ4v) is 3.43. The van der Waals surface area contributed by atoms with Crippen LogP contribution in [-0.4, -0.2) is 43.6 Å². The summed E-state index contributed by atoms with van der Waals surface area (Å²) in [4.78, 5) is 14.6. The SMILES string of the molecule is O=C(NCCN1CCOC(c2ccccc2)C1)c1cc(Br)ccc1Cl. The number of halogens is 2. The highest BCUT2D eigenvalue weighted by molar-refractivity contribution is 9.10. The lowest BCUT2D eigenvalue weighted by atomic mass is 10.1. The third kappa shape index (κ3) is 5.05. The van der Waals surface area contributed by atoms with E-state index >= 15 is 0 Å². The highest BCUT2D eigenvalue weighted by Gasteiger charge is 2.21. The fraction of sp³-hybridized carbons (Fsp3) is 0.316. The largest absolute Gasteiger partial charge is 0.371 e. The number of ether oxygens (including phenoxy) is 1. The standard InChI is InChI=1S/C19H20BrClN2O2/c20-15-6-7-17(21)16(12-15)19(24)22-8-9-23-10-11-25-18(13-23)14-4-2-1-3-5-14/h1-7,12,18H,8-11,13H2,(H,22,24). The second-order valence-electron chi connectivity index (χ2n) is 5.95. The van der Waals surface area contributed by atoms with Crippen molar-refractivity contribution in [3.8, 4) is 0 Å². The van der Waals surface area contributed by atoms with Gasteiger partial charge in [0.15, 0.2) is 0 Å². The summed E-state index contributed by atoms with van der Waals surface area (Å²) in [5, 5.41) is 3.40. The van der Waals surface area contributed by atoms with Crippen LogP contribution in [0, 0.1) is 0 Å². The van der Waals surface area contributed by atoms with Crippen LogP contribution in [0.4, 0.5) is 0 Å². The number of benzene rings is 2. The van der Waals surface area contributed by atoms with Crippen LogP contribution >= 0.6 is 27.5 Å². The molecule has 1 aliphatic heterocycles. The van der Waals surface area contributed by atoms with Crippen molar-refractivity contribution < 1.29 is 9.53 Å². The number of hydrogen-bond acceptors (Lipinski definition) is 3. The molecular weight excluding hydrogens is 404 g/mol. The zero-order valence-corrected chi connectivity index (χ0v) is 16.1. The quantitative estimate of drug-likeness (QED) is 0.793. The summed E-state index contributed by atoms with van der Waals surface area (Å²) in [5.41, 5.74) is 1.68. The molecule has 4 nitrogen and oxygen atoms in total. The average Bonchev–Trinajstić information content (AvgIpc) is 2.64. The Hall–Kier alpha value is -1.40. The van der Waals surface area contributed by atoms with E-state index < -0.39 is 0 Å². The molecule has 0 bridgehead atoms. The first-order valence-electron chi connectivity index (χ1n) is 8.25. The second-order valence-corrected chi connectivity index (χ2v) is 7.27. The molecule has 0 aromatic heterocycles. The number of nitrogens with zero attached hydrogens (tertiary/aromatic N) is 1. The van der Waals surface area contributed by atoms with Crippen molar-refractivity contribution in [2.45, 2.75) is 6.10 Å². The van der Waals surface area contributed by atoms with E-state index in [1.54, 1.807) is 12.1 Å². The van der Waals surface area contributed by atoms with E-state index in [4.69, 9.17) is 16.3 Å². The van der Waals surface area contributed by atoms with Crippen LogP contribution in [0.25, 0.3) is 0 Å². The van der Waals surface area contributed by atoms with Crippen molar-refractivity contribution in [1.82, 2.24) is 10.2 Å². The Morgan fingerprint density at radius 1 is 1.28 bits per heavy atom. The van der Waals surface area contributed by atoms with Crippen LogP contribution in [0.3, 0.4) is 0 Å². The van der Waals surface area contributed by atoms with Crippen molar-refractivity contribution >= 4 is 33.4 Å². The minimum atomic E-state index is -0.154. The van der Waals surface area contributed by atoms with E-state index in [-0.39, 0.29) is 12.0 Å². The van der Waals surface area contributed by atoms with Crippen LogP contribution in [0.15, 0.2) is 53.0 Å². The van der Waals surface area contributed by atoms with Gasteiger partial charge in [-0.3, -0.25) is 9.69 Å². The summed E-state index contributed by atoms with van der Waals surface area (Å²) < 4.78 is 6.70. The zero-order valence-electron chi connectivity index (χ0n) is 13.8. The van der Waals surface area contributed by atoms with Gasteiger partial charge in [0.25, 0.3) is 5.91 Å². The number of morpholine rings is 1. The third-order valence-corrected chi connectivity index (χ3v) is 5.03. The van der Waals surface area contributed by atoms with Crippen LogP contribution in [0.1, 0.15) is 22.0 Å². The Morgan fingerprint density at radius 3 is 2.88 bits per heavy atom. The van der Waals surface area contributed by atoms with Crippen molar-refractivity contribution in [1.29, 1.82) is 0 Å². The first kappa shape index (κ1) is 18.4. The van der Waals surface area contributed by atoms with Crippen molar-refractivity contribution in [2.24, 2.45) is 0 Å². The van der Waals surface area contributed by atoms with Gasteiger partial charge in [-0.2, -0.15) is 0 Å². The molecule has 2 aromatic carbocycles. The molecule has 1 N–H and O–H groups in total. The molecule has 0 spiro atoms. The maximum Gasteiger partial charge on any atom is 0.252 e. The van der Waals surface area contributed by atoms with E-state index in [0.717, 1.165) is 24.1 Å². The molecule has 25 heavy (non-hydrogen) atoms. The molecule has 1 heterocycles. The second kappa shape index (κ2) is 8.81. The summed E-state index contributed by atoms with van der Waals surface area (Å²) in [6.45, 7) is 3.76. The lowest BCUT2D eigenvalue weighted by Crippen LogP contribution is -2.42. The monoisotopic (exact) mass is 422 g/mol. The number of carbonyl (C=O) groups is 1. The van der Waals surface area contributed by atoms with Gasteiger partial charge in [0.1, 0.15) is 0 Å². The average molecular weight is 424 g/mol. The van der Waals surface area contributed by atoms with Gasteiger partial charge in [0.05, 0.1) is 23.3 Å². The molecule has 1 aliphatic rings. The lowest BCUT2D eigenvalue weighted by Gasteiger charge is -2.33. The lowest BCUT2D eigenvalue weighted by molar-refractivity contribution is -0.0293. The van der Waals surface area contributed by atoms with Gasteiger partial charge in [-0.05, 0) is 23.8 Å².